The van der Waals surface area contributed by atoms with Crippen LogP contribution >= 0.6 is 15.9 Å². The highest BCUT2D eigenvalue weighted by Crippen LogP contribution is 2.22. The molecule has 0 aliphatic heterocycles. The number of rotatable bonds is 5. The van der Waals surface area contributed by atoms with Crippen LogP contribution in [0.4, 0.5) is 10.5 Å². The maximum atomic E-state index is 12.7. The normalized spacial score (nSPS) is 11.5. The summed E-state index contributed by atoms with van der Waals surface area (Å²) in [5.74, 6) is 0. The van der Waals surface area contributed by atoms with Crippen LogP contribution in [0, 0.1) is 0 Å². The van der Waals surface area contributed by atoms with E-state index in [0.717, 1.165) is 21.3 Å². The molecule has 2 aromatic rings. The van der Waals surface area contributed by atoms with Crippen LogP contribution in [0.2, 0.25) is 0 Å². The predicted molar refractivity (Wildman–Crippen MR) is 105 cm³/mol. The lowest BCUT2D eigenvalue weighted by atomic mass is 10.1. The van der Waals surface area contributed by atoms with Crippen LogP contribution in [0.1, 0.15) is 26.3 Å². The van der Waals surface area contributed by atoms with E-state index in [4.69, 9.17) is 0 Å². The van der Waals surface area contributed by atoms with Crippen molar-refractivity contribution in [2.75, 3.05) is 11.9 Å². The van der Waals surface area contributed by atoms with Gasteiger partial charge in [0.1, 0.15) is 0 Å². The van der Waals surface area contributed by atoms with Crippen LogP contribution in [-0.2, 0) is 0 Å². The second kappa shape index (κ2) is 8.69. The Balaban J connectivity index is 2.10. The lowest BCUT2D eigenvalue weighted by Gasteiger charge is -2.27. The van der Waals surface area contributed by atoms with Gasteiger partial charge in [0, 0.05) is 17.1 Å². The Morgan fingerprint density at radius 1 is 1.12 bits per heavy atom. The van der Waals surface area contributed by atoms with Crippen molar-refractivity contribution >= 4 is 33.7 Å². The lowest BCUT2D eigenvalue weighted by Crippen LogP contribution is -2.41. The van der Waals surface area contributed by atoms with Crippen molar-refractivity contribution in [1.82, 2.24) is 4.90 Å². The Bertz CT molecular complexity index is 711. The third kappa shape index (κ3) is 5.24. The van der Waals surface area contributed by atoms with Crippen LogP contribution in [-0.4, -0.2) is 23.5 Å². The van der Waals surface area contributed by atoms with Gasteiger partial charge in [-0.2, -0.15) is 0 Å². The van der Waals surface area contributed by atoms with Crippen LogP contribution in [0.3, 0.4) is 0 Å². The molecule has 3 nitrogen and oxygen atoms in total. The van der Waals surface area contributed by atoms with Crippen LogP contribution in [0.15, 0.2) is 64.6 Å². The van der Waals surface area contributed by atoms with E-state index < -0.39 is 0 Å². The fourth-order valence-electron chi connectivity index (χ4n) is 2.39. The molecule has 2 aromatic carbocycles. The molecule has 0 fully saturated rings. The highest BCUT2D eigenvalue weighted by atomic mass is 79.9. The first kappa shape index (κ1) is 18.3. The lowest BCUT2D eigenvalue weighted by molar-refractivity contribution is 0.203. The molecule has 2 amide bonds. The molecular formula is C20H23BrN2O. The summed E-state index contributed by atoms with van der Waals surface area (Å²) in [7, 11) is 0. The Labute approximate surface area is 152 Å². The number of hydrogen-bond acceptors (Lipinski definition) is 1. The largest absolute Gasteiger partial charge is 0.322 e. The first-order valence-corrected chi connectivity index (χ1v) is 8.81. The second-order valence-corrected chi connectivity index (χ2v) is 6.89. The Kier molecular flexibility index (Phi) is 6.62. The third-order valence-electron chi connectivity index (χ3n) is 3.63. The summed E-state index contributed by atoms with van der Waals surface area (Å²) in [6.45, 7) is 6.68. The zero-order chi connectivity index (χ0) is 17.5. The van der Waals surface area contributed by atoms with Crippen LogP contribution in [0.5, 0.6) is 0 Å². The van der Waals surface area contributed by atoms with Gasteiger partial charge in [-0.15, -0.1) is 0 Å². The van der Waals surface area contributed by atoms with Crippen LogP contribution < -0.4 is 5.32 Å². The van der Waals surface area contributed by atoms with Gasteiger partial charge in [0.2, 0.25) is 0 Å². The number of para-hydroxylation sites is 1. The zero-order valence-electron chi connectivity index (χ0n) is 14.3. The maximum Gasteiger partial charge on any atom is 0.322 e. The molecule has 0 atom stereocenters. The molecule has 24 heavy (non-hydrogen) atoms. The van der Waals surface area contributed by atoms with Crippen molar-refractivity contribution < 1.29 is 4.79 Å². The highest BCUT2D eigenvalue weighted by molar-refractivity contribution is 9.10. The van der Waals surface area contributed by atoms with E-state index in [2.05, 4.69) is 39.5 Å². The number of carbonyl (C=O) groups excluding carboxylic acids is 1. The molecule has 1 N–H and O–H groups in total. The Morgan fingerprint density at radius 2 is 1.75 bits per heavy atom. The Morgan fingerprint density at radius 3 is 2.38 bits per heavy atom. The van der Waals surface area contributed by atoms with Gasteiger partial charge in [-0.1, -0.05) is 54.1 Å². The Hall–Kier alpha value is -2.07. The minimum absolute atomic E-state index is 0.0993. The highest BCUT2D eigenvalue weighted by Gasteiger charge is 2.18. The van der Waals surface area contributed by atoms with E-state index >= 15 is 0 Å². The number of nitrogens with one attached hydrogen (secondary N) is 1. The van der Waals surface area contributed by atoms with Gasteiger partial charge in [0.15, 0.2) is 0 Å². The molecule has 0 saturated heterocycles. The summed E-state index contributed by atoms with van der Waals surface area (Å²) in [6.07, 6.45) is 2.11. The molecule has 4 heteroatoms. The number of nitrogens with zero attached hydrogens (tertiary/aromatic N) is 1. The molecule has 0 heterocycles. The van der Waals surface area contributed by atoms with Crippen molar-refractivity contribution in [3.8, 4) is 0 Å². The average molecular weight is 387 g/mol. The van der Waals surface area contributed by atoms with Gasteiger partial charge in [-0.05, 0) is 54.4 Å². The van der Waals surface area contributed by atoms with E-state index in [1.54, 1.807) is 0 Å². The van der Waals surface area contributed by atoms with Crippen molar-refractivity contribution in [3.05, 3.63) is 70.2 Å². The first-order chi connectivity index (χ1) is 11.5. The number of anilines is 1. The second-order valence-electron chi connectivity index (χ2n) is 6.03. The van der Waals surface area contributed by atoms with E-state index in [1.807, 2.05) is 68.1 Å². The van der Waals surface area contributed by atoms with Crippen molar-refractivity contribution in [2.45, 2.75) is 26.8 Å². The van der Waals surface area contributed by atoms with Crippen LogP contribution in [0.25, 0.3) is 6.08 Å². The quantitative estimate of drug-likeness (QED) is 0.692. The van der Waals surface area contributed by atoms with E-state index in [9.17, 15) is 4.79 Å². The molecule has 2 rings (SSSR count). The monoisotopic (exact) mass is 386 g/mol. The fraction of sp³-hybridized carbons (Fsp3) is 0.250. The molecule has 0 spiro atoms. The summed E-state index contributed by atoms with van der Waals surface area (Å²) >= 11 is 3.46. The minimum atomic E-state index is -0.0993. The summed E-state index contributed by atoms with van der Waals surface area (Å²) in [5, 5.41) is 2.97. The van der Waals surface area contributed by atoms with Crippen molar-refractivity contribution in [2.24, 2.45) is 0 Å². The van der Waals surface area contributed by atoms with Gasteiger partial charge >= 0.3 is 6.03 Å². The van der Waals surface area contributed by atoms with Gasteiger partial charge < -0.3 is 10.2 Å². The molecule has 126 valence electrons. The third-order valence-corrected chi connectivity index (χ3v) is 4.32. The summed E-state index contributed by atoms with van der Waals surface area (Å²) in [6, 6.07) is 17.8. The summed E-state index contributed by atoms with van der Waals surface area (Å²) < 4.78 is 0.874. The molecule has 0 unspecified atom stereocenters. The first-order valence-electron chi connectivity index (χ1n) is 8.01. The molecular weight excluding hydrogens is 364 g/mol. The molecule has 0 radical (unpaired) electrons. The molecule has 0 aromatic heterocycles. The standard InChI is InChI=1S/C20H23BrN2O/c1-15(2)23(14-16(3)13-17-9-5-4-6-10-17)20(24)22-19-12-8-7-11-18(19)21/h4-13,15H,14H2,1-3H3,(H,22,24)/b16-13+. The molecule has 0 bridgehead atoms. The van der Waals surface area contributed by atoms with Gasteiger partial charge in [0.25, 0.3) is 0 Å². The smallest absolute Gasteiger partial charge is 0.318 e. The number of halogens is 1. The summed E-state index contributed by atoms with van der Waals surface area (Å²) in [4.78, 5) is 14.5. The van der Waals surface area contributed by atoms with E-state index in [0.29, 0.717) is 6.54 Å². The molecule has 0 aliphatic rings. The summed E-state index contributed by atoms with van der Waals surface area (Å²) in [5.41, 5.74) is 3.06. The predicted octanol–water partition coefficient (Wildman–Crippen LogP) is 5.79. The SMILES string of the molecule is C/C(=C\c1ccccc1)CN(C(=O)Nc1ccccc1Br)C(C)C. The number of urea groups is 1. The van der Waals surface area contributed by atoms with Gasteiger partial charge in [-0.3, -0.25) is 0 Å². The van der Waals surface area contributed by atoms with E-state index in [1.165, 1.54) is 0 Å². The average Bonchev–Trinajstić information content (AvgIpc) is 2.55. The van der Waals surface area contributed by atoms with Gasteiger partial charge in [-0.25, -0.2) is 4.79 Å². The molecule has 0 saturated carbocycles. The number of amides is 2. The number of hydrogen-bond donors (Lipinski definition) is 1. The fourth-order valence-corrected chi connectivity index (χ4v) is 2.77. The van der Waals surface area contributed by atoms with E-state index in [-0.39, 0.29) is 12.1 Å². The maximum absolute atomic E-state index is 12.7. The van der Waals surface area contributed by atoms with Crippen molar-refractivity contribution in [3.63, 3.8) is 0 Å². The number of carbonyl (C=O) groups is 1. The zero-order valence-corrected chi connectivity index (χ0v) is 15.9. The number of benzene rings is 2. The molecule has 0 aliphatic carbocycles. The van der Waals surface area contributed by atoms with Gasteiger partial charge in [0.05, 0.1) is 5.69 Å². The van der Waals surface area contributed by atoms with Crippen molar-refractivity contribution in [1.29, 1.82) is 0 Å². The minimum Gasteiger partial charge on any atom is -0.318 e. The topological polar surface area (TPSA) is 32.3 Å².